The van der Waals surface area contributed by atoms with Gasteiger partial charge in [0.15, 0.2) is 0 Å². The highest BCUT2D eigenvalue weighted by atomic mass is 79.9. The van der Waals surface area contributed by atoms with Crippen LogP contribution in [0.3, 0.4) is 0 Å². The van der Waals surface area contributed by atoms with Gasteiger partial charge in [0.25, 0.3) is 0 Å². The Morgan fingerprint density at radius 1 is 1.60 bits per heavy atom. The van der Waals surface area contributed by atoms with E-state index in [0.717, 1.165) is 10.0 Å². The van der Waals surface area contributed by atoms with E-state index in [9.17, 15) is 4.79 Å². The molecule has 0 spiro atoms. The van der Waals surface area contributed by atoms with Crippen LogP contribution in [0.4, 0.5) is 0 Å². The van der Waals surface area contributed by atoms with E-state index in [1.807, 2.05) is 24.3 Å². The number of carbonyl (C=O) groups excluding carboxylic acids is 1. The van der Waals surface area contributed by atoms with Crippen molar-refractivity contribution in [2.24, 2.45) is 0 Å². The first-order valence-electron chi connectivity index (χ1n) is 4.87. The first-order chi connectivity index (χ1) is 7.13. The molecule has 15 heavy (non-hydrogen) atoms. The number of hydrogen-bond acceptors (Lipinski definition) is 2. The van der Waals surface area contributed by atoms with E-state index >= 15 is 0 Å². The Labute approximate surface area is 97.7 Å². The second-order valence-electron chi connectivity index (χ2n) is 3.26. The predicted molar refractivity (Wildman–Crippen MR) is 61.0 cm³/mol. The van der Waals surface area contributed by atoms with Crippen molar-refractivity contribution in [3.05, 3.63) is 34.3 Å². The summed E-state index contributed by atoms with van der Waals surface area (Å²) in [7, 11) is 0. The molecule has 0 saturated carbocycles. The largest absolute Gasteiger partial charge is 0.466 e. The van der Waals surface area contributed by atoms with Crippen molar-refractivity contribution in [3.63, 3.8) is 0 Å². The normalized spacial score (nSPS) is 12.2. The molecule has 0 amide bonds. The first kappa shape index (κ1) is 12.2. The van der Waals surface area contributed by atoms with Gasteiger partial charge in [-0.15, -0.1) is 0 Å². The van der Waals surface area contributed by atoms with E-state index in [-0.39, 0.29) is 12.0 Å². The number of hydrogen-bond donors (Lipinski definition) is 1. The highest BCUT2D eigenvalue weighted by molar-refractivity contribution is 9.10. The smallest absolute Gasteiger partial charge is 0.312 e. The van der Waals surface area contributed by atoms with Gasteiger partial charge >= 0.3 is 5.97 Å². The predicted octanol–water partition coefficient (Wildman–Crippen LogP) is 1.69. The zero-order chi connectivity index (χ0) is 11.3. The monoisotopic (exact) mass is 272 g/mol. The molecule has 1 aromatic rings. The fourth-order valence-corrected chi connectivity index (χ4v) is 1.72. The molecule has 3 N–H and O–H groups in total. The molecule has 1 rings (SSSR count). The van der Waals surface area contributed by atoms with Crippen LogP contribution < -0.4 is 5.73 Å². The van der Waals surface area contributed by atoms with Gasteiger partial charge in [0, 0.05) is 10.0 Å². The fourth-order valence-electron chi connectivity index (χ4n) is 1.30. The SMILES string of the molecule is CCOC(=O)C[C@H]([NH3+])c1cccc(Br)c1. The minimum Gasteiger partial charge on any atom is -0.466 e. The third-order valence-corrected chi connectivity index (χ3v) is 2.53. The minimum absolute atomic E-state index is 0.0541. The lowest BCUT2D eigenvalue weighted by Crippen LogP contribution is -2.54. The molecule has 0 aliphatic rings. The lowest BCUT2D eigenvalue weighted by Gasteiger charge is -2.08. The van der Waals surface area contributed by atoms with Crippen molar-refractivity contribution < 1.29 is 15.3 Å². The van der Waals surface area contributed by atoms with Crippen LogP contribution in [0.2, 0.25) is 0 Å². The van der Waals surface area contributed by atoms with Crippen LogP contribution in [0, 0.1) is 0 Å². The number of benzene rings is 1. The number of halogens is 1. The Bertz CT molecular complexity index is 341. The maximum Gasteiger partial charge on any atom is 0.312 e. The highest BCUT2D eigenvalue weighted by Crippen LogP contribution is 2.17. The van der Waals surface area contributed by atoms with Gasteiger partial charge < -0.3 is 10.5 Å². The van der Waals surface area contributed by atoms with Gasteiger partial charge in [-0.2, -0.15) is 0 Å². The van der Waals surface area contributed by atoms with E-state index in [1.165, 1.54) is 0 Å². The van der Waals surface area contributed by atoms with Crippen LogP contribution >= 0.6 is 15.9 Å². The van der Waals surface area contributed by atoms with Gasteiger partial charge in [-0.05, 0) is 19.1 Å². The summed E-state index contributed by atoms with van der Waals surface area (Å²) >= 11 is 3.38. The van der Waals surface area contributed by atoms with E-state index in [4.69, 9.17) is 4.74 Å². The molecule has 82 valence electrons. The van der Waals surface area contributed by atoms with Crippen LogP contribution in [0.25, 0.3) is 0 Å². The standard InChI is InChI=1S/C11H14BrNO2/c1-2-15-11(14)7-10(13)8-4-3-5-9(12)6-8/h3-6,10H,2,7,13H2,1H3/p+1/t10-/m0/s1. The molecule has 0 aromatic heterocycles. The summed E-state index contributed by atoms with van der Waals surface area (Å²) in [5, 5.41) is 0. The maximum absolute atomic E-state index is 11.2. The zero-order valence-corrected chi connectivity index (χ0v) is 10.3. The molecule has 0 aliphatic carbocycles. The van der Waals surface area contributed by atoms with Gasteiger partial charge in [0.2, 0.25) is 0 Å². The molecule has 0 heterocycles. The van der Waals surface area contributed by atoms with Gasteiger partial charge in [-0.25, -0.2) is 0 Å². The zero-order valence-electron chi connectivity index (χ0n) is 8.70. The number of carbonyl (C=O) groups is 1. The van der Waals surface area contributed by atoms with Crippen molar-refractivity contribution in [1.82, 2.24) is 0 Å². The molecule has 0 fully saturated rings. The van der Waals surface area contributed by atoms with Crippen LogP contribution in [-0.2, 0) is 9.53 Å². The Hall–Kier alpha value is -0.870. The average molecular weight is 273 g/mol. The molecule has 3 nitrogen and oxygen atoms in total. The molecular formula is C11H15BrNO2+. The number of rotatable bonds is 4. The Balaban J connectivity index is 2.60. The van der Waals surface area contributed by atoms with Gasteiger partial charge in [0.05, 0.1) is 6.61 Å². The minimum atomic E-state index is -0.197. The van der Waals surface area contributed by atoms with Gasteiger partial charge in [-0.1, -0.05) is 28.1 Å². The molecule has 4 heteroatoms. The summed E-state index contributed by atoms with van der Waals surface area (Å²) in [6.07, 6.45) is 0.324. The molecule has 0 radical (unpaired) electrons. The lowest BCUT2D eigenvalue weighted by molar-refractivity contribution is -0.425. The summed E-state index contributed by atoms with van der Waals surface area (Å²) in [4.78, 5) is 11.2. The van der Waals surface area contributed by atoms with Gasteiger partial charge in [0.1, 0.15) is 12.5 Å². The number of ether oxygens (including phenoxy) is 1. The molecule has 0 aliphatic heterocycles. The van der Waals surface area contributed by atoms with Crippen molar-refractivity contribution in [2.45, 2.75) is 19.4 Å². The average Bonchev–Trinajstić information content (AvgIpc) is 2.18. The van der Waals surface area contributed by atoms with Gasteiger partial charge in [-0.3, -0.25) is 4.79 Å². The van der Waals surface area contributed by atoms with Crippen molar-refractivity contribution in [1.29, 1.82) is 0 Å². The Morgan fingerprint density at radius 3 is 2.93 bits per heavy atom. The fraction of sp³-hybridized carbons (Fsp3) is 0.364. The summed E-state index contributed by atoms with van der Waals surface area (Å²) < 4.78 is 5.87. The van der Waals surface area contributed by atoms with Crippen LogP contribution in [0.1, 0.15) is 24.9 Å². The lowest BCUT2D eigenvalue weighted by atomic mass is 10.1. The Morgan fingerprint density at radius 2 is 2.33 bits per heavy atom. The quantitative estimate of drug-likeness (QED) is 0.849. The molecular weight excluding hydrogens is 258 g/mol. The second kappa shape index (κ2) is 5.88. The molecule has 0 unspecified atom stereocenters. The molecule has 0 saturated heterocycles. The molecule has 1 atom stereocenters. The highest BCUT2D eigenvalue weighted by Gasteiger charge is 2.15. The van der Waals surface area contributed by atoms with Crippen molar-refractivity contribution >= 4 is 21.9 Å². The van der Waals surface area contributed by atoms with Crippen LogP contribution in [0.5, 0.6) is 0 Å². The van der Waals surface area contributed by atoms with Crippen molar-refractivity contribution in [2.75, 3.05) is 6.61 Å². The van der Waals surface area contributed by atoms with E-state index < -0.39 is 0 Å². The molecule has 0 bridgehead atoms. The first-order valence-corrected chi connectivity index (χ1v) is 5.67. The van der Waals surface area contributed by atoms with E-state index in [1.54, 1.807) is 6.92 Å². The summed E-state index contributed by atoms with van der Waals surface area (Å²) in [6.45, 7) is 2.22. The number of esters is 1. The summed E-state index contributed by atoms with van der Waals surface area (Å²) in [5.41, 5.74) is 4.99. The van der Waals surface area contributed by atoms with Crippen LogP contribution in [-0.4, -0.2) is 12.6 Å². The summed E-state index contributed by atoms with van der Waals surface area (Å²) in [6, 6.07) is 7.75. The third kappa shape index (κ3) is 4.01. The molecule has 1 aromatic carbocycles. The maximum atomic E-state index is 11.2. The Kier molecular flexibility index (Phi) is 4.78. The van der Waals surface area contributed by atoms with Crippen LogP contribution in [0.15, 0.2) is 28.7 Å². The van der Waals surface area contributed by atoms with E-state index in [2.05, 4.69) is 21.7 Å². The summed E-state index contributed by atoms with van der Waals surface area (Å²) in [5.74, 6) is -0.197. The van der Waals surface area contributed by atoms with Crippen molar-refractivity contribution in [3.8, 4) is 0 Å². The number of quaternary nitrogens is 1. The second-order valence-corrected chi connectivity index (χ2v) is 4.18. The van der Waals surface area contributed by atoms with E-state index in [0.29, 0.717) is 13.0 Å². The third-order valence-electron chi connectivity index (χ3n) is 2.04. The topological polar surface area (TPSA) is 53.9 Å².